The molecule has 3 aromatic carbocycles. The number of nitrogens with one attached hydrogen (secondary N) is 1. The Hall–Kier alpha value is -4.05. The maximum Gasteiger partial charge on any atom is 0.264 e. The number of amides is 2. The molecule has 0 aromatic heterocycles. The van der Waals surface area contributed by atoms with Crippen molar-refractivity contribution in [2.24, 2.45) is 0 Å². The summed E-state index contributed by atoms with van der Waals surface area (Å²) in [5, 5.41) is 2.98. The highest BCUT2D eigenvalue weighted by Gasteiger charge is 2.35. The fourth-order valence-electron chi connectivity index (χ4n) is 4.50. The number of hydrogen-bond donors (Lipinski definition) is 1. The molecule has 3 aromatic rings. The molecule has 0 aliphatic heterocycles. The molecule has 3 rings (SSSR count). The maximum atomic E-state index is 14.3. The van der Waals surface area contributed by atoms with Crippen LogP contribution in [0.5, 0.6) is 11.5 Å². The number of sulfonamides is 1. The van der Waals surface area contributed by atoms with Crippen LogP contribution in [0.25, 0.3) is 0 Å². The number of anilines is 1. The third-order valence-electron chi connectivity index (χ3n) is 6.92. The van der Waals surface area contributed by atoms with Crippen molar-refractivity contribution < 1.29 is 27.5 Å². The lowest BCUT2D eigenvalue weighted by Gasteiger charge is -2.34. The summed E-state index contributed by atoms with van der Waals surface area (Å²) in [4.78, 5) is 29.2. The lowest BCUT2D eigenvalue weighted by atomic mass is 10.1. The van der Waals surface area contributed by atoms with Crippen molar-refractivity contribution in [1.29, 1.82) is 0 Å². The molecular formula is C32H41N3O6S. The zero-order valence-electron chi connectivity index (χ0n) is 24.9. The molecule has 0 unspecified atom stereocenters. The first-order chi connectivity index (χ1) is 20.2. The van der Waals surface area contributed by atoms with Crippen LogP contribution in [0.15, 0.2) is 83.8 Å². The van der Waals surface area contributed by atoms with Gasteiger partial charge in [0.1, 0.15) is 24.1 Å². The van der Waals surface area contributed by atoms with Crippen LogP contribution >= 0.6 is 0 Å². The van der Waals surface area contributed by atoms with Gasteiger partial charge in [0.05, 0.1) is 24.3 Å². The molecule has 2 atom stereocenters. The van der Waals surface area contributed by atoms with Crippen LogP contribution in [-0.2, 0) is 26.2 Å². The number of benzene rings is 3. The summed E-state index contributed by atoms with van der Waals surface area (Å²) in [5.74, 6) is 0.106. The van der Waals surface area contributed by atoms with E-state index in [2.05, 4.69) is 5.32 Å². The summed E-state index contributed by atoms with van der Waals surface area (Å²) in [6, 6.07) is 21.0. The standard InChI is InChI=1S/C32H41N3O6S/c1-6-24(4)33-32(37)28(7-2)34(22-25-15-14-16-26(21-25)40-5)31(36)23-35(29-19-12-13-20-30(29)41-8-3)42(38,39)27-17-10-9-11-18-27/h9-21,24,28H,6-8,22-23H2,1-5H3,(H,33,37)/t24-,28-/m0/s1. The van der Waals surface area contributed by atoms with Crippen LogP contribution in [0.4, 0.5) is 5.69 Å². The number of ether oxygens (including phenoxy) is 2. The second kappa shape index (κ2) is 15.3. The molecule has 226 valence electrons. The number of para-hydroxylation sites is 2. The lowest BCUT2D eigenvalue weighted by Crippen LogP contribution is -2.53. The van der Waals surface area contributed by atoms with Gasteiger partial charge < -0.3 is 19.7 Å². The van der Waals surface area contributed by atoms with Crippen molar-refractivity contribution in [3.63, 3.8) is 0 Å². The second-order valence-electron chi connectivity index (χ2n) is 9.84. The molecule has 42 heavy (non-hydrogen) atoms. The van der Waals surface area contributed by atoms with E-state index in [9.17, 15) is 18.0 Å². The van der Waals surface area contributed by atoms with Crippen molar-refractivity contribution in [3.05, 3.63) is 84.4 Å². The van der Waals surface area contributed by atoms with Gasteiger partial charge in [0.15, 0.2) is 0 Å². The van der Waals surface area contributed by atoms with Crippen LogP contribution in [0.3, 0.4) is 0 Å². The zero-order valence-corrected chi connectivity index (χ0v) is 25.8. The van der Waals surface area contributed by atoms with Gasteiger partial charge in [0, 0.05) is 12.6 Å². The van der Waals surface area contributed by atoms with Crippen molar-refractivity contribution in [2.75, 3.05) is 24.6 Å². The van der Waals surface area contributed by atoms with Crippen molar-refractivity contribution in [3.8, 4) is 11.5 Å². The first kappa shape index (κ1) is 32.5. The molecule has 2 amide bonds. The van der Waals surface area contributed by atoms with E-state index in [1.54, 1.807) is 68.6 Å². The van der Waals surface area contributed by atoms with Crippen LogP contribution in [0.1, 0.15) is 46.1 Å². The Balaban J connectivity index is 2.11. The Morgan fingerprint density at radius 2 is 1.60 bits per heavy atom. The summed E-state index contributed by atoms with van der Waals surface area (Å²) in [5.41, 5.74) is 0.972. The van der Waals surface area contributed by atoms with E-state index in [1.165, 1.54) is 17.0 Å². The molecule has 0 spiro atoms. The Morgan fingerprint density at radius 3 is 2.24 bits per heavy atom. The Kier molecular flexibility index (Phi) is 11.8. The summed E-state index contributed by atoms with van der Waals surface area (Å²) >= 11 is 0. The number of hydrogen-bond acceptors (Lipinski definition) is 6. The minimum absolute atomic E-state index is 0.0324. The van der Waals surface area contributed by atoms with Gasteiger partial charge in [-0.25, -0.2) is 8.42 Å². The van der Waals surface area contributed by atoms with Gasteiger partial charge in [-0.1, -0.05) is 56.3 Å². The van der Waals surface area contributed by atoms with E-state index in [1.807, 2.05) is 32.9 Å². The molecular weight excluding hydrogens is 554 g/mol. The monoisotopic (exact) mass is 595 g/mol. The van der Waals surface area contributed by atoms with Crippen molar-refractivity contribution >= 4 is 27.5 Å². The predicted octanol–water partition coefficient (Wildman–Crippen LogP) is 5.01. The second-order valence-corrected chi connectivity index (χ2v) is 11.7. The molecule has 9 nitrogen and oxygen atoms in total. The van der Waals surface area contributed by atoms with Crippen molar-refractivity contribution in [2.45, 2.75) is 64.1 Å². The van der Waals surface area contributed by atoms with Gasteiger partial charge in [-0.2, -0.15) is 0 Å². The van der Waals surface area contributed by atoms with E-state index in [4.69, 9.17) is 9.47 Å². The fourth-order valence-corrected chi connectivity index (χ4v) is 5.95. The molecule has 0 radical (unpaired) electrons. The summed E-state index contributed by atoms with van der Waals surface area (Å²) < 4.78 is 40.3. The highest BCUT2D eigenvalue weighted by Crippen LogP contribution is 2.33. The van der Waals surface area contributed by atoms with E-state index in [0.717, 1.165) is 16.3 Å². The van der Waals surface area contributed by atoms with E-state index >= 15 is 0 Å². The highest BCUT2D eigenvalue weighted by molar-refractivity contribution is 7.92. The average Bonchev–Trinajstić information content (AvgIpc) is 3.00. The van der Waals surface area contributed by atoms with Crippen molar-refractivity contribution in [1.82, 2.24) is 10.2 Å². The minimum Gasteiger partial charge on any atom is -0.497 e. The van der Waals surface area contributed by atoms with Crippen LogP contribution in [0.2, 0.25) is 0 Å². The van der Waals surface area contributed by atoms with Gasteiger partial charge in [-0.05, 0) is 68.7 Å². The number of carbonyl (C=O) groups excluding carboxylic acids is 2. The summed E-state index contributed by atoms with van der Waals surface area (Å²) in [6.45, 7) is 7.34. The molecule has 10 heteroatoms. The molecule has 0 aliphatic carbocycles. The largest absolute Gasteiger partial charge is 0.497 e. The molecule has 0 bridgehead atoms. The average molecular weight is 596 g/mol. The normalized spacial score (nSPS) is 12.6. The number of nitrogens with zero attached hydrogens (tertiary/aromatic N) is 2. The van der Waals surface area contributed by atoms with Gasteiger partial charge >= 0.3 is 0 Å². The SMILES string of the molecule is CCOc1ccccc1N(CC(=O)N(Cc1cccc(OC)c1)[C@@H](CC)C(=O)N[C@@H](C)CC)S(=O)(=O)c1ccccc1. The molecule has 0 saturated heterocycles. The number of carbonyl (C=O) groups is 2. The predicted molar refractivity (Wildman–Crippen MR) is 164 cm³/mol. The van der Waals surface area contributed by atoms with Gasteiger partial charge in [-0.3, -0.25) is 13.9 Å². The topological polar surface area (TPSA) is 105 Å². The first-order valence-corrected chi connectivity index (χ1v) is 15.6. The summed E-state index contributed by atoms with van der Waals surface area (Å²) in [6.07, 6.45) is 1.06. The Morgan fingerprint density at radius 1 is 0.905 bits per heavy atom. The summed E-state index contributed by atoms with van der Waals surface area (Å²) in [7, 11) is -2.64. The van der Waals surface area contributed by atoms with Gasteiger partial charge in [0.2, 0.25) is 11.8 Å². The molecule has 0 fully saturated rings. The highest BCUT2D eigenvalue weighted by atomic mass is 32.2. The van der Waals surface area contributed by atoms with Crippen LogP contribution < -0.4 is 19.1 Å². The first-order valence-electron chi connectivity index (χ1n) is 14.2. The van der Waals surface area contributed by atoms with Gasteiger partial charge in [-0.15, -0.1) is 0 Å². The Bertz CT molecular complexity index is 1430. The quantitative estimate of drug-likeness (QED) is 0.265. The molecule has 0 heterocycles. The maximum absolute atomic E-state index is 14.3. The minimum atomic E-state index is -4.20. The smallest absolute Gasteiger partial charge is 0.264 e. The van der Waals surface area contributed by atoms with E-state index in [-0.39, 0.29) is 29.1 Å². The third kappa shape index (κ3) is 8.03. The third-order valence-corrected chi connectivity index (χ3v) is 8.69. The van der Waals surface area contributed by atoms with Gasteiger partial charge in [0.25, 0.3) is 10.0 Å². The lowest BCUT2D eigenvalue weighted by molar-refractivity contribution is -0.140. The fraction of sp³-hybridized carbons (Fsp3) is 0.375. The number of rotatable bonds is 15. The number of methoxy groups -OCH3 is 1. The van der Waals surface area contributed by atoms with Crippen LogP contribution in [0, 0.1) is 0 Å². The van der Waals surface area contributed by atoms with E-state index < -0.39 is 28.5 Å². The zero-order chi connectivity index (χ0) is 30.7. The molecule has 0 saturated carbocycles. The Labute approximate surface area is 249 Å². The molecule has 0 aliphatic rings. The molecule has 1 N–H and O–H groups in total. The van der Waals surface area contributed by atoms with E-state index in [0.29, 0.717) is 24.5 Å². The van der Waals surface area contributed by atoms with Crippen LogP contribution in [-0.4, -0.2) is 57.5 Å².